The van der Waals surface area contributed by atoms with Gasteiger partial charge < -0.3 is 20.8 Å². The Kier molecular flexibility index (Phi) is 105. The molecular formula is C9H26O4V. The molecule has 4 nitrogen and oxygen atoms in total. The van der Waals surface area contributed by atoms with E-state index in [-0.39, 0.29) is 24.0 Å². The van der Waals surface area contributed by atoms with Gasteiger partial charge in [-0.2, -0.15) is 0 Å². The van der Waals surface area contributed by atoms with Crippen LogP contribution in [0.2, 0.25) is 0 Å². The minimum absolute atomic E-state index is 0. The van der Waals surface area contributed by atoms with Gasteiger partial charge in [-0.05, 0) is 19.3 Å². The van der Waals surface area contributed by atoms with E-state index in [4.69, 9.17) is 15.3 Å². The van der Waals surface area contributed by atoms with E-state index in [1.165, 1.54) is 0 Å². The number of aliphatic hydroxyl groups excluding tert-OH is 3. The van der Waals surface area contributed by atoms with E-state index in [1.54, 1.807) is 0 Å². The number of hydrogen-bond acceptors (Lipinski definition) is 3. The van der Waals surface area contributed by atoms with Crippen LogP contribution >= 0.6 is 0 Å². The van der Waals surface area contributed by atoms with Gasteiger partial charge in [0.25, 0.3) is 0 Å². The van der Waals surface area contributed by atoms with Gasteiger partial charge in [-0.15, -0.1) is 0 Å². The predicted octanol–water partition coefficient (Wildman–Crippen LogP) is 0.339. The minimum Gasteiger partial charge on any atom is -0.412 e. The van der Waals surface area contributed by atoms with Crippen LogP contribution in [-0.4, -0.2) is 40.6 Å². The van der Waals surface area contributed by atoms with E-state index in [9.17, 15) is 0 Å². The second kappa shape index (κ2) is 50.2. The van der Waals surface area contributed by atoms with Crippen LogP contribution in [0.3, 0.4) is 0 Å². The molecule has 14 heavy (non-hydrogen) atoms. The molecule has 0 rings (SSSR count). The molecule has 0 spiro atoms. The summed E-state index contributed by atoms with van der Waals surface area (Å²) in [4.78, 5) is 0. The van der Waals surface area contributed by atoms with Crippen LogP contribution in [0, 0.1) is 0 Å². The summed E-state index contributed by atoms with van der Waals surface area (Å²) in [5, 5.41) is 23.6. The molecule has 0 aliphatic carbocycles. The van der Waals surface area contributed by atoms with Crippen molar-refractivity contribution in [1.82, 2.24) is 0 Å². The molecule has 0 saturated carbocycles. The van der Waals surface area contributed by atoms with Gasteiger partial charge in [-0.3, -0.25) is 0 Å². The fourth-order valence-electron chi connectivity index (χ4n) is 0. The van der Waals surface area contributed by atoms with Gasteiger partial charge in [0.05, 0.1) is 0 Å². The monoisotopic (exact) mass is 249 g/mol. The maximum absolute atomic E-state index is 7.88. The molecule has 0 aromatic rings. The summed E-state index contributed by atoms with van der Waals surface area (Å²) in [6, 6.07) is 0. The van der Waals surface area contributed by atoms with E-state index >= 15 is 0 Å². The van der Waals surface area contributed by atoms with Crippen molar-refractivity contribution in [3.05, 3.63) is 0 Å². The van der Waals surface area contributed by atoms with Gasteiger partial charge >= 0.3 is 0 Å². The zero-order valence-corrected chi connectivity index (χ0v) is 10.9. The normalized spacial score (nSPS) is 6.43. The minimum atomic E-state index is 0. The van der Waals surface area contributed by atoms with E-state index in [1.807, 2.05) is 20.8 Å². The Morgan fingerprint density at radius 2 is 0.714 bits per heavy atom. The van der Waals surface area contributed by atoms with Gasteiger partial charge in [0.2, 0.25) is 0 Å². The first-order valence-corrected chi connectivity index (χ1v) is 4.57. The van der Waals surface area contributed by atoms with Crippen LogP contribution in [-0.2, 0) is 18.6 Å². The zero-order chi connectivity index (χ0) is 10.2. The van der Waals surface area contributed by atoms with E-state index < -0.39 is 0 Å². The second-order valence-electron chi connectivity index (χ2n) is 2.17. The molecule has 0 aliphatic rings. The van der Waals surface area contributed by atoms with Crippen molar-refractivity contribution in [2.24, 2.45) is 0 Å². The molecule has 5 N–H and O–H groups in total. The Bertz CT molecular complexity index is 32.3. The molecule has 0 unspecified atom stereocenters. The third-order valence-corrected chi connectivity index (χ3v) is 0.671. The molecule has 0 fully saturated rings. The Morgan fingerprint density at radius 1 is 0.643 bits per heavy atom. The van der Waals surface area contributed by atoms with Gasteiger partial charge in [-0.25, -0.2) is 0 Å². The molecule has 0 bridgehead atoms. The summed E-state index contributed by atoms with van der Waals surface area (Å²) < 4.78 is 0. The molecule has 1 radical (unpaired) electrons. The molecule has 0 aromatic carbocycles. The van der Waals surface area contributed by atoms with Gasteiger partial charge in [0, 0.05) is 38.4 Å². The summed E-state index contributed by atoms with van der Waals surface area (Å²) >= 11 is 0. The van der Waals surface area contributed by atoms with Crippen molar-refractivity contribution < 1.29 is 39.4 Å². The van der Waals surface area contributed by atoms with Crippen LogP contribution in [0.15, 0.2) is 0 Å². The van der Waals surface area contributed by atoms with Crippen LogP contribution in [0.5, 0.6) is 0 Å². The maximum atomic E-state index is 7.88. The quantitative estimate of drug-likeness (QED) is 0.673. The number of aliphatic hydroxyl groups is 3. The SMILES string of the molecule is CCCO.CCCO.CCCO.O.[V]. The predicted molar refractivity (Wildman–Crippen MR) is 55.7 cm³/mol. The Morgan fingerprint density at radius 3 is 0.714 bits per heavy atom. The molecule has 5 heteroatoms. The summed E-state index contributed by atoms with van der Waals surface area (Å²) in [6.45, 7) is 6.75. The van der Waals surface area contributed by atoms with Crippen LogP contribution < -0.4 is 0 Å². The topological polar surface area (TPSA) is 92.2 Å². The van der Waals surface area contributed by atoms with Crippen molar-refractivity contribution in [1.29, 1.82) is 0 Å². The van der Waals surface area contributed by atoms with Crippen molar-refractivity contribution in [2.75, 3.05) is 19.8 Å². The van der Waals surface area contributed by atoms with Crippen molar-refractivity contribution in [3.8, 4) is 0 Å². The maximum Gasteiger partial charge on any atom is 0.0428 e. The zero-order valence-electron chi connectivity index (χ0n) is 9.53. The molecule has 0 saturated heterocycles. The molecule has 0 atom stereocenters. The van der Waals surface area contributed by atoms with Crippen LogP contribution in [0.25, 0.3) is 0 Å². The molecular weight excluding hydrogens is 223 g/mol. The Balaban J connectivity index is -0.0000000270. The van der Waals surface area contributed by atoms with E-state index in [0.29, 0.717) is 19.8 Å². The second-order valence-corrected chi connectivity index (χ2v) is 2.17. The van der Waals surface area contributed by atoms with E-state index in [0.717, 1.165) is 19.3 Å². The van der Waals surface area contributed by atoms with Crippen LogP contribution in [0.4, 0.5) is 0 Å². The average molecular weight is 249 g/mol. The third-order valence-electron chi connectivity index (χ3n) is 0.671. The fourth-order valence-corrected chi connectivity index (χ4v) is 0. The average Bonchev–Trinajstić information content (AvgIpc) is 2.18. The van der Waals surface area contributed by atoms with Crippen LogP contribution in [0.1, 0.15) is 40.0 Å². The Hall–Kier alpha value is 0.424. The molecule has 0 heterocycles. The molecule has 0 amide bonds. The van der Waals surface area contributed by atoms with E-state index in [2.05, 4.69) is 0 Å². The first kappa shape index (κ1) is 29.3. The molecule has 91 valence electrons. The Labute approximate surface area is 99.5 Å². The summed E-state index contributed by atoms with van der Waals surface area (Å²) in [6.07, 6.45) is 2.62. The van der Waals surface area contributed by atoms with Crippen molar-refractivity contribution >= 4 is 0 Å². The summed E-state index contributed by atoms with van der Waals surface area (Å²) in [7, 11) is 0. The van der Waals surface area contributed by atoms with Gasteiger partial charge in [-0.1, -0.05) is 20.8 Å². The molecule has 0 aliphatic heterocycles. The first-order valence-electron chi connectivity index (χ1n) is 4.57. The number of rotatable bonds is 3. The third kappa shape index (κ3) is 138. The number of hydrogen-bond donors (Lipinski definition) is 3. The van der Waals surface area contributed by atoms with Gasteiger partial charge in [0.1, 0.15) is 0 Å². The smallest absolute Gasteiger partial charge is 0.0428 e. The largest absolute Gasteiger partial charge is 0.412 e. The standard InChI is InChI=1S/3C3H8O.H2O.V/c3*1-2-3-4;;/h3*4H,2-3H2,1H3;1H2;. The molecule has 0 aromatic heterocycles. The van der Waals surface area contributed by atoms with Crippen molar-refractivity contribution in [3.63, 3.8) is 0 Å². The summed E-state index contributed by atoms with van der Waals surface area (Å²) in [5.74, 6) is 0. The summed E-state index contributed by atoms with van der Waals surface area (Å²) in [5.41, 5.74) is 0. The van der Waals surface area contributed by atoms with Gasteiger partial charge in [0.15, 0.2) is 0 Å². The van der Waals surface area contributed by atoms with Crippen molar-refractivity contribution in [2.45, 2.75) is 40.0 Å². The first-order chi connectivity index (χ1) is 5.74. The fraction of sp³-hybridized carbons (Fsp3) is 1.00.